The minimum atomic E-state index is -2.65. The lowest BCUT2D eigenvalue weighted by Gasteiger charge is -2.17. The Hall–Kier alpha value is -2.43. The van der Waals surface area contributed by atoms with Crippen LogP contribution in [-0.2, 0) is 0 Å². The van der Waals surface area contributed by atoms with E-state index in [-0.39, 0.29) is 6.42 Å². The highest BCUT2D eigenvalue weighted by atomic mass is 19.2. The number of unbranched alkanes of at least 4 members (excludes halogenated alkanes) is 2. The van der Waals surface area contributed by atoms with Gasteiger partial charge in [-0.1, -0.05) is 19.8 Å². The Morgan fingerprint density at radius 2 is 1.00 bits per heavy atom. The first-order chi connectivity index (χ1) is 13.5. The van der Waals surface area contributed by atoms with Crippen molar-refractivity contribution in [1.29, 1.82) is 0 Å². The molecule has 160 valence electrons. The minimum Gasteiger partial charge on any atom is -0.459 e. The molecular formula is C18H13F9O2. The molecule has 2 aromatic carbocycles. The van der Waals surface area contributed by atoms with Crippen molar-refractivity contribution in [1.82, 2.24) is 0 Å². The first-order valence-electron chi connectivity index (χ1n) is 8.26. The average molecular weight is 432 g/mol. The summed E-state index contributed by atoms with van der Waals surface area (Å²) in [4.78, 5) is 0. The molecule has 0 saturated heterocycles. The number of hydrogen-bond acceptors (Lipinski definition) is 2. The monoisotopic (exact) mass is 432 g/mol. The topological polar surface area (TPSA) is 29.5 Å². The molecule has 0 aromatic heterocycles. The van der Waals surface area contributed by atoms with Crippen LogP contribution in [0.3, 0.4) is 0 Å². The number of hydrogen-bond donors (Lipinski definition) is 1. The lowest BCUT2D eigenvalue weighted by atomic mass is 10.0. The average Bonchev–Trinajstić information content (AvgIpc) is 2.69. The molecule has 29 heavy (non-hydrogen) atoms. The summed E-state index contributed by atoms with van der Waals surface area (Å²) in [5, 5.41) is 9.58. The zero-order valence-electron chi connectivity index (χ0n) is 14.7. The molecule has 1 N–H and O–H groups in total. The summed E-state index contributed by atoms with van der Waals surface area (Å²) >= 11 is 0. The standard InChI is InChI=1S/C18H13F9O2/c1-2-3-4-5-6(28)29-18-16(26)11(21)8(12(22)17(18)27)7-9(19)13(23)15(25)14(24)10(7)20/h6,28H,2-5H2,1H3. The molecule has 2 rings (SSSR count). The van der Waals surface area contributed by atoms with E-state index in [0.29, 0.717) is 12.8 Å². The summed E-state index contributed by atoms with van der Waals surface area (Å²) < 4.78 is 129. The Kier molecular flexibility index (Phi) is 7.04. The van der Waals surface area contributed by atoms with Gasteiger partial charge in [0.05, 0.1) is 11.1 Å². The maximum Gasteiger partial charge on any atom is 0.204 e. The van der Waals surface area contributed by atoms with Crippen molar-refractivity contribution in [2.24, 2.45) is 0 Å². The molecule has 2 nitrogen and oxygen atoms in total. The molecular weight excluding hydrogens is 419 g/mol. The van der Waals surface area contributed by atoms with E-state index in [1.807, 2.05) is 6.92 Å². The largest absolute Gasteiger partial charge is 0.459 e. The second kappa shape index (κ2) is 8.93. The maximum absolute atomic E-state index is 14.3. The molecule has 0 aliphatic carbocycles. The van der Waals surface area contributed by atoms with E-state index >= 15 is 0 Å². The molecule has 1 unspecified atom stereocenters. The van der Waals surface area contributed by atoms with Crippen LogP contribution in [0.4, 0.5) is 39.5 Å². The maximum atomic E-state index is 14.3. The third-order valence-electron chi connectivity index (χ3n) is 3.99. The van der Waals surface area contributed by atoms with Crippen molar-refractivity contribution in [2.45, 2.75) is 38.9 Å². The zero-order chi connectivity index (χ0) is 22.0. The second-order valence-electron chi connectivity index (χ2n) is 5.97. The molecule has 0 aliphatic heterocycles. The number of aliphatic hydroxyl groups is 1. The zero-order valence-corrected chi connectivity index (χ0v) is 14.7. The molecule has 0 bridgehead atoms. The van der Waals surface area contributed by atoms with Gasteiger partial charge >= 0.3 is 0 Å². The van der Waals surface area contributed by atoms with Crippen LogP contribution < -0.4 is 4.74 Å². The van der Waals surface area contributed by atoms with Gasteiger partial charge in [0, 0.05) is 6.42 Å². The third kappa shape index (κ3) is 4.14. The Morgan fingerprint density at radius 3 is 1.41 bits per heavy atom. The summed E-state index contributed by atoms with van der Waals surface area (Å²) in [6.07, 6.45) is -0.365. The van der Waals surface area contributed by atoms with Gasteiger partial charge in [0.15, 0.2) is 46.9 Å². The number of benzene rings is 2. The number of rotatable bonds is 7. The summed E-state index contributed by atoms with van der Waals surface area (Å²) in [7, 11) is 0. The normalized spacial score (nSPS) is 12.4. The number of ether oxygens (including phenoxy) is 1. The Labute approximate surface area is 158 Å². The van der Waals surface area contributed by atoms with E-state index in [9.17, 15) is 44.6 Å². The summed E-state index contributed by atoms with van der Waals surface area (Å²) in [5.74, 6) is -24.5. The van der Waals surface area contributed by atoms with Gasteiger partial charge in [-0.3, -0.25) is 0 Å². The number of aliphatic hydroxyl groups excluding tert-OH is 1. The first kappa shape index (κ1) is 22.9. The SMILES string of the molecule is CCCCCC(O)Oc1c(F)c(F)c(-c2c(F)c(F)c(F)c(F)c2F)c(F)c1F. The fraction of sp³-hybridized carbons (Fsp3) is 0.333. The van der Waals surface area contributed by atoms with Gasteiger partial charge in [0.1, 0.15) is 0 Å². The Bertz CT molecular complexity index is 873. The van der Waals surface area contributed by atoms with Crippen LogP contribution in [0.15, 0.2) is 0 Å². The van der Waals surface area contributed by atoms with Crippen LogP contribution in [0.2, 0.25) is 0 Å². The van der Waals surface area contributed by atoms with E-state index in [1.165, 1.54) is 0 Å². The molecule has 0 aliphatic rings. The molecule has 11 heteroatoms. The Balaban J connectivity index is 2.62. The van der Waals surface area contributed by atoms with Crippen LogP contribution in [0.1, 0.15) is 32.6 Å². The highest BCUT2D eigenvalue weighted by Gasteiger charge is 2.35. The van der Waals surface area contributed by atoms with Crippen molar-refractivity contribution >= 4 is 0 Å². The van der Waals surface area contributed by atoms with E-state index in [4.69, 9.17) is 0 Å². The summed E-state index contributed by atoms with van der Waals surface area (Å²) in [5.41, 5.74) is -4.34. The van der Waals surface area contributed by atoms with Crippen LogP contribution in [-0.4, -0.2) is 11.4 Å². The van der Waals surface area contributed by atoms with Gasteiger partial charge < -0.3 is 9.84 Å². The quantitative estimate of drug-likeness (QED) is 0.195. The minimum absolute atomic E-state index is 0.157. The molecule has 0 spiro atoms. The van der Waals surface area contributed by atoms with Gasteiger partial charge in [-0.25, -0.2) is 30.7 Å². The van der Waals surface area contributed by atoms with E-state index in [0.717, 1.165) is 6.42 Å². The Morgan fingerprint density at radius 1 is 0.621 bits per heavy atom. The van der Waals surface area contributed by atoms with Gasteiger partial charge in [-0.15, -0.1) is 0 Å². The second-order valence-corrected chi connectivity index (χ2v) is 5.97. The van der Waals surface area contributed by atoms with Gasteiger partial charge in [0.25, 0.3) is 0 Å². The summed E-state index contributed by atoms with van der Waals surface area (Å²) in [6, 6.07) is 0. The van der Waals surface area contributed by atoms with Gasteiger partial charge in [-0.2, -0.15) is 8.78 Å². The first-order valence-corrected chi connectivity index (χ1v) is 8.26. The van der Waals surface area contributed by atoms with E-state index in [2.05, 4.69) is 4.74 Å². The van der Waals surface area contributed by atoms with Crippen molar-refractivity contribution in [3.05, 3.63) is 52.4 Å². The molecule has 1 atom stereocenters. The smallest absolute Gasteiger partial charge is 0.204 e. The van der Waals surface area contributed by atoms with Crippen LogP contribution in [0, 0.1) is 52.4 Å². The van der Waals surface area contributed by atoms with Crippen molar-refractivity contribution in [3.63, 3.8) is 0 Å². The number of halogens is 9. The summed E-state index contributed by atoms with van der Waals surface area (Å²) in [6.45, 7) is 1.81. The van der Waals surface area contributed by atoms with Crippen molar-refractivity contribution in [3.8, 4) is 16.9 Å². The fourth-order valence-electron chi connectivity index (χ4n) is 2.52. The van der Waals surface area contributed by atoms with E-state index < -0.39 is 75.5 Å². The third-order valence-corrected chi connectivity index (χ3v) is 3.99. The van der Waals surface area contributed by atoms with Crippen LogP contribution >= 0.6 is 0 Å². The fourth-order valence-corrected chi connectivity index (χ4v) is 2.52. The van der Waals surface area contributed by atoms with Gasteiger partial charge in [-0.05, 0) is 6.42 Å². The molecule has 2 aromatic rings. The van der Waals surface area contributed by atoms with Crippen molar-refractivity contribution < 1.29 is 49.4 Å². The highest BCUT2D eigenvalue weighted by molar-refractivity contribution is 5.68. The lowest BCUT2D eigenvalue weighted by molar-refractivity contribution is -0.0304. The van der Waals surface area contributed by atoms with E-state index in [1.54, 1.807) is 0 Å². The predicted molar refractivity (Wildman–Crippen MR) is 82.3 cm³/mol. The van der Waals surface area contributed by atoms with Gasteiger partial charge in [0.2, 0.25) is 17.5 Å². The van der Waals surface area contributed by atoms with Crippen molar-refractivity contribution in [2.75, 3.05) is 0 Å². The predicted octanol–water partition coefficient (Wildman–Crippen LogP) is 5.88. The molecule has 0 amide bonds. The highest BCUT2D eigenvalue weighted by Crippen LogP contribution is 2.40. The molecule has 0 radical (unpaired) electrons. The molecule has 0 saturated carbocycles. The van der Waals surface area contributed by atoms with Crippen LogP contribution in [0.5, 0.6) is 5.75 Å². The molecule has 0 fully saturated rings. The molecule has 0 heterocycles. The lowest BCUT2D eigenvalue weighted by Crippen LogP contribution is -2.18. The van der Waals surface area contributed by atoms with Crippen LogP contribution in [0.25, 0.3) is 11.1 Å².